The van der Waals surface area contributed by atoms with Crippen molar-refractivity contribution in [3.05, 3.63) is 168 Å². The summed E-state index contributed by atoms with van der Waals surface area (Å²) >= 11 is 0. The Labute approximate surface area is 371 Å². The minimum absolute atomic E-state index is 0. The van der Waals surface area contributed by atoms with Crippen LogP contribution in [0, 0.1) is 83.1 Å². The Hall–Kier alpha value is -5.99. The van der Waals surface area contributed by atoms with Crippen LogP contribution in [0.5, 0.6) is 0 Å². The molecule has 0 amide bonds. The van der Waals surface area contributed by atoms with E-state index in [-0.39, 0.29) is 17.4 Å². The number of H-pyrrole nitrogens is 1. The average Bonchev–Trinajstić information content (AvgIpc) is 3.95. The second-order valence-corrected chi connectivity index (χ2v) is 17.6. The van der Waals surface area contributed by atoms with Crippen molar-refractivity contribution in [2.45, 2.75) is 83.1 Å². The molecule has 0 atom stereocenters. The molecule has 2 aliphatic rings. The van der Waals surface area contributed by atoms with Crippen molar-refractivity contribution >= 4 is 63.7 Å². The first kappa shape index (κ1) is 41.7. The Morgan fingerprint density at radius 2 is 0.754 bits per heavy atom. The molecule has 3 aromatic heterocycles. The molecule has 61 heavy (non-hydrogen) atoms. The molecule has 1 N–H and O–H groups in total. The summed E-state index contributed by atoms with van der Waals surface area (Å²) in [5.41, 5.74) is 31.2. The summed E-state index contributed by atoms with van der Waals surface area (Å²) in [6.07, 6.45) is 8.69. The molecule has 0 saturated heterocycles. The van der Waals surface area contributed by atoms with E-state index in [0.29, 0.717) is 0 Å². The minimum atomic E-state index is 0. The van der Waals surface area contributed by atoms with Crippen LogP contribution in [0.3, 0.4) is 0 Å². The van der Waals surface area contributed by atoms with E-state index in [9.17, 15) is 0 Å². The van der Waals surface area contributed by atoms with Crippen LogP contribution in [0.15, 0.2) is 78.9 Å². The van der Waals surface area contributed by atoms with Crippen LogP contribution in [0.2, 0.25) is 0 Å². The van der Waals surface area contributed by atoms with Gasteiger partial charge < -0.3 is 9.55 Å². The molecule has 5 heteroatoms. The van der Waals surface area contributed by atoms with Crippen molar-refractivity contribution in [1.82, 2.24) is 19.5 Å². The summed E-state index contributed by atoms with van der Waals surface area (Å²) in [5, 5.41) is 0. The highest BCUT2D eigenvalue weighted by atomic mass is 27.0. The Morgan fingerprint density at radius 1 is 0.377 bits per heavy atom. The zero-order chi connectivity index (χ0) is 42.3. The lowest BCUT2D eigenvalue weighted by Crippen LogP contribution is -2.04. The number of aromatic amines is 1. The average molecular weight is 810 g/mol. The topological polar surface area (TPSA) is 46.5 Å². The summed E-state index contributed by atoms with van der Waals surface area (Å²) < 4.78 is 2.60. The molecule has 5 heterocycles. The first-order valence-electron chi connectivity index (χ1n) is 21.1. The highest BCUT2D eigenvalue weighted by molar-refractivity contribution is 6.13. The second-order valence-electron chi connectivity index (χ2n) is 17.6. The van der Waals surface area contributed by atoms with Crippen molar-refractivity contribution in [3.63, 3.8) is 0 Å². The van der Waals surface area contributed by atoms with Gasteiger partial charge in [0.2, 0.25) is 0 Å². The van der Waals surface area contributed by atoms with E-state index in [0.717, 1.165) is 50.4 Å². The van der Waals surface area contributed by atoms with Crippen LogP contribution in [0.25, 0.3) is 85.4 Å². The fourth-order valence-electron chi connectivity index (χ4n) is 10.5. The van der Waals surface area contributed by atoms with Gasteiger partial charge in [-0.05, 0) is 199 Å². The number of aromatic nitrogens is 4. The van der Waals surface area contributed by atoms with E-state index in [4.69, 9.17) is 9.97 Å². The largest absolute Gasteiger partial charge is 0.355 e. The van der Waals surface area contributed by atoms with E-state index >= 15 is 0 Å². The third-order valence-electron chi connectivity index (χ3n) is 12.3. The Bertz CT molecular complexity index is 3130. The molecule has 301 valence electrons. The number of benzene rings is 4. The van der Waals surface area contributed by atoms with Crippen molar-refractivity contribution in [2.75, 3.05) is 0 Å². The van der Waals surface area contributed by atoms with Crippen LogP contribution < -0.4 is 0 Å². The van der Waals surface area contributed by atoms with Crippen LogP contribution >= 0.6 is 0 Å². The van der Waals surface area contributed by atoms with Crippen molar-refractivity contribution in [2.24, 2.45) is 0 Å². The number of aryl methyl sites for hydroxylation is 12. The molecule has 8 bridgehead atoms. The predicted molar refractivity (Wildman–Crippen MR) is 263 cm³/mol. The molecule has 9 rings (SSSR count). The molecule has 0 saturated carbocycles. The maximum atomic E-state index is 5.56. The van der Waals surface area contributed by atoms with Gasteiger partial charge in [-0.2, -0.15) is 0 Å². The van der Waals surface area contributed by atoms with Crippen LogP contribution in [-0.2, 0) is 0 Å². The minimum Gasteiger partial charge on any atom is -0.355 e. The van der Waals surface area contributed by atoms with E-state index < -0.39 is 0 Å². The summed E-state index contributed by atoms with van der Waals surface area (Å²) in [7, 11) is 0. The maximum Gasteiger partial charge on any atom is 0.0737 e. The molecule has 4 aromatic carbocycles. The summed E-state index contributed by atoms with van der Waals surface area (Å²) in [6, 6.07) is 29.6. The van der Waals surface area contributed by atoms with Gasteiger partial charge in [-0.1, -0.05) is 70.8 Å². The van der Waals surface area contributed by atoms with Gasteiger partial charge in [-0.25, -0.2) is 9.97 Å². The van der Waals surface area contributed by atoms with E-state index in [1.165, 1.54) is 100 Å². The lowest BCUT2D eigenvalue weighted by atomic mass is 9.84. The van der Waals surface area contributed by atoms with Gasteiger partial charge in [0.05, 0.1) is 39.5 Å². The van der Waals surface area contributed by atoms with Crippen molar-refractivity contribution < 1.29 is 0 Å². The third kappa shape index (κ3) is 7.35. The number of nitrogens with zero attached hydrogens (tertiary/aromatic N) is 3. The van der Waals surface area contributed by atoms with Gasteiger partial charge in [-0.15, -0.1) is 0 Å². The lowest BCUT2D eigenvalue weighted by molar-refractivity contribution is 1.11. The van der Waals surface area contributed by atoms with Crippen LogP contribution in [-0.4, -0.2) is 36.9 Å². The smallest absolute Gasteiger partial charge is 0.0737 e. The maximum absolute atomic E-state index is 5.56. The number of hydrogen-bond donors (Lipinski definition) is 1. The van der Waals surface area contributed by atoms with Crippen LogP contribution in [0.4, 0.5) is 0 Å². The third-order valence-corrected chi connectivity index (χ3v) is 12.3. The molecule has 7 aromatic rings. The normalized spacial score (nSPS) is 12.0. The zero-order valence-electron chi connectivity index (χ0n) is 37.7. The molecule has 4 nitrogen and oxygen atoms in total. The quantitative estimate of drug-likeness (QED) is 0.180. The number of rotatable bonds is 4. The molecule has 0 spiro atoms. The first-order chi connectivity index (χ1) is 28.6. The fourth-order valence-corrected chi connectivity index (χ4v) is 10.5. The molecular weight excluding hydrogens is 756 g/mol. The zero-order valence-corrected chi connectivity index (χ0v) is 38.9. The Kier molecular flexibility index (Phi) is 10.8. The molecule has 2 aliphatic heterocycles. The summed E-state index contributed by atoms with van der Waals surface area (Å²) in [5.74, 6) is 0. The molecular formula is C56H54AlN4. The van der Waals surface area contributed by atoms with E-state index in [1.807, 2.05) is 0 Å². The predicted octanol–water partition coefficient (Wildman–Crippen LogP) is 14.4. The summed E-state index contributed by atoms with van der Waals surface area (Å²) in [4.78, 5) is 14.4. The number of nitrogens with one attached hydrogen (secondary N) is 1. The molecule has 3 radical (unpaired) electrons. The second kappa shape index (κ2) is 15.8. The Balaban J connectivity index is 0.00000514. The van der Waals surface area contributed by atoms with Gasteiger partial charge in [0.25, 0.3) is 0 Å². The van der Waals surface area contributed by atoms with Gasteiger partial charge in [0.1, 0.15) is 0 Å². The van der Waals surface area contributed by atoms with E-state index in [1.54, 1.807) is 0 Å². The SMILES string of the molecule is Cc1cc(C)c(-c2c(-c3c(C)cc(C)cc3C)c3c(-c4c(C)cc(C)cc4C)c4nc(cc5ccc(cc6nc(cc2n3-c2c(C)cc(C)cc2C)C=C6)[nH]5)C=C4)c(C)c1.[Al]. The number of hydrogen-bond acceptors (Lipinski definition) is 2. The van der Waals surface area contributed by atoms with Crippen LogP contribution in [0.1, 0.15) is 89.5 Å². The van der Waals surface area contributed by atoms with Gasteiger partial charge >= 0.3 is 0 Å². The van der Waals surface area contributed by atoms with E-state index in [2.05, 4.69) is 196 Å². The summed E-state index contributed by atoms with van der Waals surface area (Å²) in [6.45, 7) is 27.0. The highest BCUT2D eigenvalue weighted by Gasteiger charge is 2.30. The van der Waals surface area contributed by atoms with Crippen molar-refractivity contribution in [3.8, 4) is 39.1 Å². The molecule has 0 fully saturated rings. The first-order valence-corrected chi connectivity index (χ1v) is 21.1. The fraction of sp³-hybridized carbons (Fsp3) is 0.214. The highest BCUT2D eigenvalue weighted by Crippen LogP contribution is 2.51. The lowest BCUT2D eigenvalue weighted by Gasteiger charge is -2.21. The molecule has 0 unspecified atom stereocenters. The Morgan fingerprint density at radius 3 is 1.23 bits per heavy atom. The van der Waals surface area contributed by atoms with Gasteiger partial charge in [0.15, 0.2) is 0 Å². The van der Waals surface area contributed by atoms with Gasteiger partial charge in [-0.3, -0.25) is 0 Å². The molecule has 0 aliphatic carbocycles. The monoisotopic (exact) mass is 809 g/mol. The number of fused-ring (bicyclic) bond motifs is 8. The van der Waals surface area contributed by atoms with Gasteiger partial charge in [0, 0.05) is 45.1 Å². The standard InChI is InChI=1S/C56H54N4.Al/c1-30-19-34(5)49(35(6)20-30)52-47-18-17-45(59-47)28-44-14-13-42(57-44)27-43-15-16-46(58-43)29-48-53(50-36(7)21-31(2)22-37(50)8)54(51-38(9)23-32(3)24-39(51)10)56(52)60(48)55-40(11)25-33(4)26-41(55)12;/h13-29,57H,1-12H3;. The van der Waals surface area contributed by atoms with Crippen molar-refractivity contribution in [1.29, 1.82) is 0 Å².